The summed E-state index contributed by atoms with van der Waals surface area (Å²) >= 11 is 0. The van der Waals surface area contributed by atoms with Gasteiger partial charge in [-0.05, 0) is 42.5 Å². The zero-order chi connectivity index (χ0) is 28.3. The van der Waals surface area contributed by atoms with E-state index in [1.807, 2.05) is 0 Å². The molecule has 3 rings (SSSR count). The highest BCUT2D eigenvalue weighted by molar-refractivity contribution is 7.86. The van der Waals surface area contributed by atoms with Gasteiger partial charge in [-0.25, -0.2) is 4.79 Å². The number of rotatable bonds is 9. The Balaban J connectivity index is 2.16. The fourth-order valence-electron chi connectivity index (χ4n) is 3.09. The molecule has 2 amide bonds. The van der Waals surface area contributed by atoms with Gasteiger partial charge in [-0.1, -0.05) is 0 Å². The number of carbonyl (C=O) groups is 1. The minimum atomic E-state index is -5.03. The van der Waals surface area contributed by atoms with Crippen LogP contribution < -0.4 is 21.7 Å². The molecule has 16 nitrogen and oxygen atoms in total. The molecule has 0 saturated carbocycles. The van der Waals surface area contributed by atoms with E-state index in [-0.39, 0.29) is 22.7 Å². The summed E-state index contributed by atoms with van der Waals surface area (Å²) in [6.45, 7) is 0. The lowest BCUT2D eigenvalue weighted by Gasteiger charge is -2.13. The lowest BCUT2D eigenvalue weighted by Crippen LogP contribution is -2.19. The number of amides is 2. The van der Waals surface area contributed by atoms with Crippen LogP contribution in [0.1, 0.15) is 0 Å². The van der Waals surface area contributed by atoms with Gasteiger partial charge in [0.15, 0.2) is 0 Å². The number of urea groups is 1. The number of nitrogens with zero attached hydrogens (tertiary/aromatic N) is 3. The van der Waals surface area contributed by atoms with Crippen LogP contribution in [0.25, 0.3) is 0 Å². The number of anilines is 4. The normalized spacial score (nSPS) is 11.8. The van der Waals surface area contributed by atoms with Gasteiger partial charge in [-0.3, -0.25) is 19.2 Å². The standard InChI is InChI=1S/C20H19N7O9S2/c1-22-12-4-7-14(15(8-12)24-20(21)28)25-26-17-10-18(37(31,32)33)16(9-19(17)38(34,35)36)23-11-2-5-13(6-3-11)27(29)30/h2-10,22-23H,1H3,(H3,21,24,28)(H,31,32,33)(H,34,35,36). The van der Waals surface area contributed by atoms with Gasteiger partial charge in [0.05, 0.1) is 16.3 Å². The number of nitro groups is 1. The fourth-order valence-corrected chi connectivity index (χ4v) is 4.37. The van der Waals surface area contributed by atoms with Crippen LogP contribution >= 0.6 is 0 Å². The van der Waals surface area contributed by atoms with E-state index in [9.17, 15) is 40.8 Å². The average molecular weight is 566 g/mol. The molecular weight excluding hydrogens is 546 g/mol. The number of nitro benzene ring substituents is 1. The monoisotopic (exact) mass is 565 g/mol. The maximum Gasteiger partial charge on any atom is 0.316 e. The van der Waals surface area contributed by atoms with Crippen molar-refractivity contribution in [1.82, 2.24) is 0 Å². The summed E-state index contributed by atoms with van der Waals surface area (Å²) in [6, 6.07) is 9.32. The molecule has 0 atom stereocenters. The number of hydrogen-bond donors (Lipinski definition) is 6. The summed E-state index contributed by atoms with van der Waals surface area (Å²) in [7, 11) is -8.44. The van der Waals surface area contributed by atoms with Gasteiger partial charge in [0.2, 0.25) is 0 Å². The molecule has 0 fully saturated rings. The average Bonchev–Trinajstić information content (AvgIpc) is 2.82. The van der Waals surface area contributed by atoms with Crippen molar-refractivity contribution < 1.29 is 35.7 Å². The van der Waals surface area contributed by atoms with Crippen LogP contribution in [-0.2, 0) is 20.2 Å². The first-order valence-electron chi connectivity index (χ1n) is 10.1. The Morgan fingerprint density at radius 3 is 1.97 bits per heavy atom. The molecular formula is C20H19N7O9S2. The van der Waals surface area contributed by atoms with Crippen LogP contribution in [0.4, 0.5) is 44.6 Å². The Kier molecular flexibility index (Phi) is 7.91. The highest BCUT2D eigenvalue weighted by Gasteiger charge is 2.25. The van der Waals surface area contributed by atoms with E-state index in [4.69, 9.17) is 5.73 Å². The first kappa shape index (κ1) is 27.9. The Morgan fingerprint density at radius 2 is 1.45 bits per heavy atom. The van der Waals surface area contributed by atoms with Crippen molar-refractivity contribution in [3.63, 3.8) is 0 Å². The summed E-state index contributed by atoms with van der Waals surface area (Å²) < 4.78 is 67.9. The second-order valence-electron chi connectivity index (χ2n) is 7.37. The first-order valence-corrected chi connectivity index (χ1v) is 13.0. The smallest absolute Gasteiger partial charge is 0.316 e. The van der Waals surface area contributed by atoms with E-state index >= 15 is 0 Å². The van der Waals surface area contributed by atoms with Crippen molar-refractivity contribution in [2.45, 2.75) is 9.79 Å². The molecule has 7 N–H and O–H groups in total. The van der Waals surface area contributed by atoms with Crippen molar-refractivity contribution in [2.24, 2.45) is 16.0 Å². The number of nitrogens with one attached hydrogen (secondary N) is 3. The molecule has 38 heavy (non-hydrogen) atoms. The number of primary amides is 1. The third-order valence-electron chi connectivity index (χ3n) is 4.78. The maximum atomic E-state index is 12.1. The largest absolute Gasteiger partial charge is 0.388 e. The Bertz CT molecular complexity index is 1660. The highest BCUT2D eigenvalue weighted by atomic mass is 32.2. The van der Waals surface area contributed by atoms with Crippen LogP contribution in [0.15, 0.2) is 74.6 Å². The summed E-state index contributed by atoms with van der Waals surface area (Å²) in [4.78, 5) is 19.8. The summed E-state index contributed by atoms with van der Waals surface area (Å²) in [6.07, 6.45) is 0. The highest BCUT2D eigenvalue weighted by Crippen LogP contribution is 2.37. The van der Waals surface area contributed by atoms with Crippen molar-refractivity contribution in [3.05, 3.63) is 64.7 Å². The molecule has 0 spiro atoms. The number of non-ortho nitro benzene ring substituents is 1. The molecule has 0 aromatic heterocycles. The molecule has 18 heteroatoms. The molecule has 200 valence electrons. The third-order valence-corrected chi connectivity index (χ3v) is 6.56. The fraction of sp³-hybridized carbons (Fsp3) is 0.0500. The first-order chi connectivity index (χ1) is 17.7. The van der Waals surface area contributed by atoms with Crippen LogP contribution in [0, 0.1) is 10.1 Å². The van der Waals surface area contributed by atoms with Gasteiger partial charge >= 0.3 is 6.03 Å². The molecule has 0 heterocycles. The van der Waals surface area contributed by atoms with E-state index in [1.165, 1.54) is 30.3 Å². The Labute approximate surface area is 215 Å². The topological polar surface area (TPSA) is 256 Å². The second-order valence-corrected chi connectivity index (χ2v) is 10.1. The predicted octanol–water partition coefficient (Wildman–Crippen LogP) is 3.78. The van der Waals surface area contributed by atoms with Crippen LogP contribution in [0.3, 0.4) is 0 Å². The molecule has 0 saturated heterocycles. The number of benzene rings is 3. The number of hydrogen-bond acceptors (Lipinski definition) is 11. The van der Waals surface area contributed by atoms with Crippen LogP contribution in [0.5, 0.6) is 0 Å². The number of carbonyl (C=O) groups excluding carboxylic acids is 1. The van der Waals surface area contributed by atoms with Crippen LogP contribution in [0.2, 0.25) is 0 Å². The minimum absolute atomic E-state index is 0.0226. The molecule has 3 aromatic carbocycles. The molecule has 0 bridgehead atoms. The molecule has 0 aliphatic carbocycles. The van der Waals surface area contributed by atoms with Gasteiger partial charge in [0, 0.05) is 30.6 Å². The molecule has 0 radical (unpaired) electrons. The van der Waals surface area contributed by atoms with Crippen molar-refractivity contribution in [2.75, 3.05) is 23.0 Å². The zero-order valence-corrected chi connectivity index (χ0v) is 20.8. The van der Waals surface area contributed by atoms with Crippen molar-refractivity contribution >= 4 is 66.1 Å². The van der Waals surface area contributed by atoms with Gasteiger partial charge in [0.25, 0.3) is 25.9 Å². The maximum absolute atomic E-state index is 12.1. The number of azo groups is 1. The SMILES string of the molecule is CNc1ccc(N=Nc2cc(S(=O)(=O)O)c(Nc3ccc([N+](=O)[O-])cc3)cc2S(=O)(=O)O)c(NC(N)=O)c1. The number of nitrogens with two attached hydrogens (primary N) is 1. The van der Waals surface area contributed by atoms with Gasteiger partial charge in [0.1, 0.15) is 21.2 Å². The van der Waals surface area contributed by atoms with Gasteiger partial charge in [-0.2, -0.15) is 16.8 Å². The van der Waals surface area contributed by atoms with E-state index < -0.39 is 52.4 Å². The lowest BCUT2D eigenvalue weighted by atomic mass is 10.2. The van der Waals surface area contributed by atoms with E-state index in [0.717, 1.165) is 12.1 Å². The summed E-state index contributed by atoms with van der Waals surface area (Å²) in [5.74, 6) is 0. The Hall–Kier alpha value is -4.65. The van der Waals surface area contributed by atoms with E-state index in [1.54, 1.807) is 7.05 Å². The zero-order valence-electron chi connectivity index (χ0n) is 19.2. The van der Waals surface area contributed by atoms with Crippen molar-refractivity contribution in [1.29, 1.82) is 0 Å². The molecule has 0 aliphatic heterocycles. The minimum Gasteiger partial charge on any atom is -0.388 e. The lowest BCUT2D eigenvalue weighted by molar-refractivity contribution is -0.384. The molecule has 0 aliphatic rings. The van der Waals surface area contributed by atoms with E-state index in [0.29, 0.717) is 17.8 Å². The van der Waals surface area contributed by atoms with Gasteiger partial charge < -0.3 is 21.7 Å². The second kappa shape index (κ2) is 10.8. The summed E-state index contributed by atoms with van der Waals surface area (Å²) in [5, 5.41) is 26.0. The van der Waals surface area contributed by atoms with Gasteiger partial charge in [-0.15, -0.1) is 10.2 Å². The van der Waals surface area contributed by atoms with Crippen molar-refractivity contribution in [3.8, 4) is 0 Å². The predicted molar refractivity (Wildman–Crippen MR) is 136 cm³/mol. The van der Waals surface area contributed by atoms with E-state index in [2.05, 4.69) is 26.2 Å². The summed E-state index contributed by atoms with van der Waals surface area (Å²) in [5.41, 5.74) is 4.37. The molecule has 3 aromatic rings. The van der Waals surface area contributed by atoms with Crippen LogP contribution in [-0.4, -0.2) is 43.9 Å². The molecule has 0 unspecified atom stereocenters. The third kappa shape index (κ3) is 6.76. The quantitative estimate of drug-likeness (QED) is 0.0941. The Morgan fingerprint density at radius 1 is 0.868 bits per heavy atom.